The van der Waals surface area contributed by atoms with E-state index in [0.29, 0.717) is 0 Å². The molecule has 6 heavy (non-hydrogen) atoms. The van der Waals surface area contributed by atoms with E-state index in [4.69, 9.17) is 0 Å². The Bertz CT molecular complexity index is 11.7. The zero-order chi connectivity index (χ0) is 0. The molecule has 0 nitrogen and oxygen atoms in total. The molecule has 0 heterocycles. The van der Waals surface area contributed by atoms with Gasteiger partial charge in [0.15, 0.2) is 0 Å². The van der Waals surface area contributed by atoms with Gasteiger partial charge in [-0.1, -0.05) is 0 Å². The van der Waals surface area contributed by atoms with E-state index < -0.39 is 0 Å². The van der Waals surface area contributed by atoms with E-state index in [1.54, 1.807) is 0 Å². The van der Waals surface area contributed by atoms with E-state index in [0.717, 1.165) is 0 Å². The molecule has 0 aromatic rings. The van der Waals surface area contributed by atoms with Crippen LogP contribution in [0.5, 0.6) is 0 Å². The molecule has 0 saturated carbocycles. The quantitative estimate of drug-likeness (QED) is 0.491. The van der Waals surface area contributed by atoms with Crippen molar-refractivity contribution in [2.45, 2.75) is 0 Å². The summed E-state index contributed by atoms with van der Waals surface area (Å²) in [6, 6.07) is 0. The summed E-state index contributed by atoms with van der Waals surface area (Å²) in [4.78, 5) is 0. The standard InChI is InChI=1S/4ClH.K.Ru.H/h4*1H;;;/q;;;;+1;;-1. The summed E-state index contributed by atoms with van der Waals surface area (Å²) in [6.07, 6.45) is 0. The molecule has 0 spiro atoms. The van der Waals surface area contributed by atoms with E-state index in [-0.39, 0.29) is 122 Å². The van der Waals surface area contributed by atoms with Crippen LogP contribution in [0.15, 0.2) is 0 Å². The average Bonchev–Trinajstić information content (AvgIpc) is 0. The van der Waals surface area contributed by atoms with Gasteiger partial charge in [0.25, 0.3) is 0 Å². The van der Waals surface area contributed by atoms with Gasteiger partial charge in [-0.05, 0) is 0 Å². The second kappa shape index (κ2) is 39.6. The Hall–Kier alpha value is 3.42. The molecule has 0 unspecified atom stereocenters. The molecule has 0 aromatic heterocycles. The van der Waals surface area contributed by atoms with Crippen molar-refractivity contribution < 1.29 is 72.3 Å². The van der Waals surface area contributed by atoms with Gasteiger partial charge in [0.05, 0.1) is 0 Å². The molecule has 0 aliphatic rings. The van der Waals surface area contributed by atoms with E-state index in [9.17, 15) is 0 Å². The molecule has 6 heteroatoms. The van der Waals surface area contributed by atoms with E-state index in [2.05, 4.69) is 0 Å². The first-order chi connectivity index (χ1) is 0. The maximum atomic E-state index is 0. The van der Waals surface area contributed by atoms with E-state index in [1.807, 2.05) is 0 Å². The fourth-order valence-corrected chi connectivity index (χ4v) is 0. The summed E-state index contributed by atoms with van der Waals surface area (Å²) in [5, 5.41) is 0. The molecule has 0 aliphatic carbocycles. The van der Waals surface area contributed by atoms with Crippen molar-refractivity contribution in [1.82, 2.24) is 0 Å². The SMILES string of the molecule is Cl.Cl.Cl.Cl.[H-].[K+].[Ru]. The molecule has 0 aliphatic heterocycles. The Balaban J connectivity index is 0. The third kappa shape index (κ3) is 26.1. The number of halogens is 4. The third-order valence-electron chi connectivity index (χ3n) is 0. The van der Waals surface area contributed by atoms with Crippen LogP contribution in [0.2, 0.25) is 0 Å². The largest absolute Gasteiger partial charge is 1.00 e. The Morgan fingerprint density at radius 1 is 0.667 bits per heavy atom. The molecular weight excluding hydrogens is 282 g/mol. The Kier molecular flexibility index (Phi) is 377. The topological polar surface area (TPSA) is 0 Å². The van der Waals surface area contributed by atoms with Crippen LogP contribution >= 0.6 is 49.6 Å². The summed E-state index contributed by atoms with van der Waals surface area (Å²) in [5.74, 6) is 0. The maximum absolute atomic E-state index is 0. The van der Waals surface area contributed by atoms with Crippen molar-refractivity contribution in [3.63, 3.8) is 0 Å². The fraction of sp³-hybridized carbons (Fsp3) is 0. The maximum Gasteiger partial charge on any atom is 1.00 e. The van der Waals surface area contributed by atoms with Crippen LogP contribution in [0.4, 0.5) is 0 Å². The summed E-state index contributed by atoms with van der Waals surface area (Å²) < 4.78 is 0. The van der Waals surface area contributed by atoms with Crippen molar-refractivity contribution in [1.29, 1.82) is 0 Å². The predicted octanol–water partition coefficient (Wildman–Crippen LogP) is -1.20. The summed E-state index contributed by atoms with van der Waals surface area (Å²) in [6.45, 7) is 0. The van der Waals surface area contributed by atoms with Crippen LogP contribution in [0, 0.1) is 0 Å². The minimum absolute atomic E-state index is 0. The Morgan fingerprint density at radius 3 is 0.667 bits per heavy atom. The molecule has 0 bridgehead atoms. The third-order valence-corrected chi connectivity index (χ3v) is 0. The van der Waals surface area contributed by atoms with E-state index >= 15 is 0 Å². The van der Waals surface area contributed by atoms with Crippen LogP contribution < -0.4 is 51.4 Å². The van der Waals surface area contributed by atoms with Crippen molar-refractivity contribution in [3.8, 4) is 0 Å². The van der Waals surface area contributed by atoms with Gasteiger partial charge in [0.1, 0.15) is 0 Å². The first-order valence-corrected chi connectivity index (χ1v) is 0. The zero-order valence-electron chi connectivity index (χ0n) is 3.99. The van der Waals surface area contributed by atoms with Gasteiger partial charge in [0, 0.05) is 19.5 Å². The molecule has 42 valence electrons. The summed E-state index contributed by atoms with van der Waals surface area (Å²) in [5.41, 5.74) is 0. The Morgan fingerprint density at radius 2 is 0.667 bits per heavy atom. The first kappa shape index (κ1) is 57.1. The molecule has 0 amide bonds. The van der Waals surface area contributed by atoms with Crippen LogP contribution in [0.25, 0.3) is 0 Å². The van der Waals surface area contributed by atoms with Crippen LogP contribution in [0.1, 0.15) is 1.43 Å². The van der Waals surface area contributed by atoms with Gasteiger partial charge in [0.2, 0.25) is 0 Å². The van der Waals surface area contributed by atoms with Gasteiger partial charge in [-0.15, -0.1) is 49.6 Å². The fourth-order valence-electron chi connectivity index (χ4n) is 0. The second-order valence-electron chi connectivity index (χ2n) is 0. The van der Waals surface area contributed by atoms with Gasteiger partial charge in [-0.2, -0.15) is 0 Å². The molecular formula is H5Cl4KRu. The minimum atomic E-state index is 0. The predicted molar refractivity (Wildman–Crippen MR) is 30.1 cm³/mol. The molecule has 0 rings (SSSR count). The normalized spacial score (nSPS) is 0. The number of hydrogen-bond donors (Lipinski definition) is 0. The monoisotopic (exact) mass is 286 g/mol. The smallest absolute Gasteiger partial charge is 1.00 e. The van der Waals surface area contributed by atoms with Crippen molar-refractivity contribution in [3.05, 3.63) is 0 Å². The minimum Gasteiger partial charge on any atom is -1.00 e. The molecule has 0 N–H and O–H groups in total. The Labute approximate surface area is 119 Å². The molecule has 0 aromatic carbocycles. The van der Waals surface area contributed by atoms with Crippen LogP contribution in [-0.2, 0) is 19.5 Å². The van der Waals surface area contributed by atoms with Gasteiger partial charge < -0.3 is 1.43 Å². The van der Waals surface area contributed by atoms with E-state index in [1.165, 1.54) is 0 Å². The molecule has 0 atom stereocenters. The molecule has 0 radical (unpaired) electrons. The molecule has 0 saturated heterocycles. The number of rotatable bonds is 0. The average molecular weight is 287 g/mol. The second-order valence-corrected chi connectivity index (χ2v) is 0. The van der Waals surface area contributed by atoms with Crippen molar-refractivity contribution in [2.24, 2.45) is 0 Å². The van der Waals surface area contributed by atoms with Gasteiger partial charge >= 0.3 is 51.4 Å². The first-order valence-electron chi connectivity index (χ1n) is 0. The molecule has 0 fully saturated rings. The number of hydrogen-bond acceptors (Lipinski definition) is 0. The van der Waals surface area contributed by atoms with Gasteiger partial charge in [-0.3, -0.25) is 0 Å². The zero-order valence-corrected chi connectivity index (χ0v) is 11.1. The summed E-state index contributed by atoms with van der Waals surface area (Å²) >= 11 is 0. The van der Waals surface area contributed by atoms with Crippen LogP contribution in [0.3, 0.4) is 0 Å². The summed E-state index contributed by atoms with van der Waals surface area (Å²) in [7, 11) is 0. The van der Waals surface area contributed by atoms with Gasteiger partial charge in [-0.25, -0.2) is 0 Å². The van der Waals surface area contributed by atoms with Crippen LogP contribution in [-0.4, -0.2) is 0 Å². The van der Waals surface area contributed by atoms with Crippen molar-refractivity contribution in [2.75, 3.05) is 0 Å². The van der Waals surface area contributed by atoms with Crippen molar-refractivity contribution >= 4 is 49.6 Å².